The molecule has 1 saturated heterocycles. The van der Waals surface area contributed by atoms with Crippen LogP contribution < -0.4 is 10.6 Å². The van der Waals surface area contributed by atoms with Crippen LogP contribution in [-0.4, -0.2) is 46.0 Å². The van der Waals surface area contributed by atoms with Gasteiger partial charge in [-0.2, -0.15) is 10.2 Å². The van der Waals surface area contributed by atoms with Crippen molar-refractivity contribution in [2.75, 3.05) is 36.8 Å². The molecule has 0 unspecified atom stereocenters. The van der Waals surface area contributed by atoms with Gasteiger partial charge in [-0.1, -0.05) is 18.2 Å². The molecule has 136 valence electrons. The summed E-state index contributed by atoms with van der Waals surface area (Å²) in [6.07, 6.45) is 3.34. The molecule has 2 N–H and O–H groups in total. The molecule has 0 amide bonds. The van der Waals surface area contributed by atoms with E-state index >= 15 is 0 Å². The molecule has 0 radical (unpaired) electrons. The second-order valence-electron chi connectivity index (χ2n) is 6.79. The van der Waals surface area contributed by atoms with E-state index in [0.717, 1.165) is 38.2 Å². The first-order valence-corrected chi connectivity index (χ1v) is 8.99. The number of benzene rings is 1. The summed E-state index contributed by atoms with van der Waals surface area (Å²) >= 11 is 0. The van der Waals surface area contributed by atoms with Gasteiger partial charge in [-0.3, -0.25) is 9.88 Å². The maximum absolute atomic E-state index is 8.95. The highest BCUT2D eigenvalue weighted by atomic mass is 15.3. The monoisotopic (exact) mass is 359 g/mol. The SMILES string of the molecule is Cc1ccc(CN2CCN(c3ncc(C#N)c(N)n3)CC2)c2cccnc12. The normalized spacial score (nSPS) is 15.0. The van der Waals surface area contributed by atoms with Crippen LogP contribution in [0.15, 0.2) is 36.7 Å². The van der Waals surface area contributed by atoms with Crippen LogP contribution in [0.2, 0.25) is 0 Å². The van der Waals surface area contributed by atoms with E-state index in [1.165, 1.54) is 22.7 Å². The Kier molecular flexibility index (Phi) is 4.57. The average Bonchev–Trinajstić information content (AvgIpc) is 2.71. The van der Waals surface area contributed by atoms with Gasteiger partial charge in [0.15, 0.2) is 0 Å². The first-order chi connectivity index (χ1) is 13.2. The van der Waals surface area contributed by atoms with Crippen molar-refractivity contribution in [3.8, 4) is 6.07 Å². The molecular weight excluding hydrogens is 338 g/mol. The highest BCUT2D eigenvalue weighted by molar-refractivity contribution is 5.84. The third-order valence-corrected chi connectivity index (χ3v) is 5.04. The minimum Gasteiger partial charge on any atom is -0.382 e. The standard InChI is InChI=1S/C20H21N7/c1-14-4-5-15(17-3-2-6-23-18(14)17)13-26-7-9-27(10-8-26)20-24-12-16(11-21)19(22)25-20/h2-6,12H,7-10,13H2,1H3,(H2,22,24,25). The number of nitriles is 1. The summed E-state index contributed by atoms with van der Waals surface area (Å²) in [6.45, 7) is 6.48. The summed E-state index contributed by atoms with van der Waals surface area (Å²) in [4.78, 5) is 17.6. The Morgan fingerprint density at radius 3 is 2.70 bits per heavy atom. The average molecular weight is 359 g/mol. The van der Waals surface area contributed by atoms with Crippen LogP contribution in [0, 0.1) is 18.3 Å². The van der Waals surface area contributed by atoms with Crippen LogP contribution in [0.1, 0.15) is 16.7 Å². The number of piperazine rings is 1. The zero-order chi connectivity index (χ0) is 18.8. The van der Waals surface area contributed by atoms with Gasteiger partial charge in [0.25, 0.3) is 0 Å². The Balaban J connectivity index is 1.45. The molecule has 0 aliphatic carbocycles. The zero-order valence-electron chi connectivity index (χ0n) is 15.3. The lowest BCUT2D eigenvalue weighted by Crippen LogP contribution is -2.46. The molecule has 27 heavy (non-hydrogen) atoms. The Morgan fingerprint density at radius 1 is 1.15 bits per heavy atom. The van der Waals surface area contributed by atoms with Crippen LogP contribution in [0.5, 0.6) is 0 Å². The summed E-state index contributed by atoms with van der Waals surface area (Å²) in [7, 11) is 0. The third-order valence-electron chi connectivity index (χ3n) is 5.04. The summed E-state index contributed by atoms with van der Waals surface area (Å²) in [6, 6.07) is 10.5. The topological polar surface area (TPSA) is 95.0 Å². The van der Waals surface area contributed by atoms with Crippen molar-refractivity contribution in [3.63, 3.8) is 0 Å². The van der Waals surface area contributed by atoms with E-state index < -0.39 is 0 Å². The lowest BCUT2D eigenvalue weighted by atomic mass is 10.0. The van der Waals surface area contributed by atoms with E-state index in [1.54, 1.807) is 0 Å². The lowest BCUT2D eigenvalue weighted by Gasteiger charge is -2.35. The van der Waals surface area contributed by atoms with Crippen molar-refractivity contribution < 1.29 is 0 Å². The molecular formula is C20H21N7. The number of anilines is 2. The fraction of sp³-hybridized carbons (Fsp3) is 0.300. The number of nitrogens with zero attached hydrogens (tertiary/aromatic N) is 6. The number of aryl methyl sites for hydroxylation is 1. The van der Waals surface area contributed by atoms with Gasteiger partial charge in [0.2, 0.25) is 5.95 Å². The number of fused-ring (bicyclic) bond motifs is 1. The molecule has 3 aromatic rings. The number of aromatic nitrogens is 3. The van der Waals surface area contributed by atoms with Gasteiger partial charge in [-0.05, 0) is 24.1 Å². The predicted octanol–water partition coefficient (Wildman–Crippen LogP) is 2.11. The zero-order valence-corrected chi connectivity index (χ0v) is 15.3. The molecule has 2 aromatic heterocycles. The number of hydrogen-bond acceptors (Lipinski definition) is 7. The van der Waals surface area contributed by atoms with E-state index in [4.69, 9.17) is 11.0 Å². The van der Waals surface area contributed by atoms with Gasteiger partial charge in [0.1, 0.15) is 17.5 Å². The van der Waals surface area contributed by atoms with Crippen LogP contribution in [0.4, 0.5) is 11.8 Å². The molecule has 1 aliphatic heterocycles. The molecule has 0 atom stereocenters. The molecule has 1 aliphatic rings. The van der Waals surface area contributed by atoms with Crippen molar-refractivity contribution in [1.82, 2.24) is 19.9 Å². The van der Waals surface area contributed by atoms with E-state index in [0.29, 0.717) is 11.5 Å². The summed E-state index contributed by atoms with van der Waals surface area (Å²) < 4.78 is 0. The molecule has 7 nitrogen and oxygen atoms in total. The molecule has 0 saturated carbocycles. The van der Waals surface area contributed by atoms with E-state index in [2.05, 4.69) is 49.9 Å². The fourth-order valence-corrected chi connectivity index (χ4v) is 3.48. The molecule has 1 aromatic carbocycles. The van der Waals surface area contributed by atoms with Crippen LogP contribution >= 0.6 is 0 Å². The molecule has 1 fully saturated rings. The summed E-state index contributed by atoms with van der Waals surface area (Å²) in [5, 5.41) is 10.2. The van der Waals surface area contributed by atoms with Crippen molar-refractivity contribution >= 4 is 22.7 Å². The largest absolute Gasteiger partial charge is 0.382 e. The number of pyridine rings is 1. The first-order valence-electron chi connectivity index (χ1n) is 8.99. The molecule has 7 heteroatoms. The number of nitrogens with two attached hydrogens (primary N) is 1. The molecule has 0 spiro atoms. The number of hydrogen-bond donors (Lipinski definition) is 1. The van der Waals surface area contributed by atoms with E-state index in [1.807, 2.05) is 18.3 Å². The molecule has 4 rings (SSSR count). The summed E-state index contributed by atoms with van der Waals surface area (Å²) in [5.74, 6) is 0.833. The highest BCUT2D eigenvalue weighted by Crippen LogP contribution is 2.22. The molecule has 0 bridgehead atoms. The fourth-order valence-electron chi connectivity index (χ4n) is 3.48. The Labute approximate surface area is 158 Å². The minimum atomic E-state index is 0.239. The number of rotatable bonds is 3. The smallest absolute Gasteiger partial charge is 0.227 e. The minimum absolute atomic E-state index is 0.239. The van der Waals surface area contributed by atoms with Crippen molar-refractivity contribution in [3.05, 3.63) is 53.3 Å². The third kappa shape index (κ3) is 3.39. The Bertz CT molecular complexity index is 1020. The van der Waals surface area contributed by atoms with Gasteiger partial charge in [-0.25, -0.2) is 4.98 Å². The molecule has 3 heterocycles. The van der Waals surface area contributed by atoms with Gasteiger partial charge in [0, 0.05) is 44.3 Å². The van der Waals surface area contributed by atoms with Gasteiger partial charge in [-0.15, -0.1) is 0 Å². The number of nitrogen functional groups attached to an aromatic ring is 1. The summed E-state index contributed by atoms with van der Waals surface area (Å²) in [5.41, 5.74) is 9.72. The van der Waals surface area contributed by atoms with Gasteiger partial charge in [0.05, 0.1) is 11.7 Å². The lowest BCUT2D eigenvalue weighted by molar-refractivity contribution is 0.249. The van der Waals surface area contributed by atoms with Gasteiger partial charge >= 0.3 is 0 Å². The quantitative estimate of drug-likeness (QED) is 0.765. The van der Waals surface area contributed by atoms with E-state index in [9.17, 15) is 0 Å². The van der Waals surface area contributed by atoms with Crippen LogP contribution in [0.25, 0.3) is 10.9 Å². The van der Waals surface area contributed by atoms with Crippen LogP contribution in [0.3, 0.4) is 0 Å². The maximum atomic E-state index is 8.95. The first kappa shape index (κ1) is 17.2. The van der Waals surface area contributed by atoms with Crippen LogP contribution in [-0.2, 0) is 6.54 Å². The Hall–Kier alpha value is -3.24. The van der Waals surface area contributed by atoms with E-state index in [-0.39, 0.29) is 5.82 Å². The second kappa shape index (κ2) is 7.17. The second-order valence-corrected chi connectivity index (χ2v) is 6.79. The Morgan fingerprint density at radius 2 is 1.96 bits per heavy atom. The van der Waals surface area contributed by atoms with Crippen molar-refractivity contribution in [1.29, 1.82) is 5.26 Å². The highest BCUT2D eigenvalue weighted by Gasteiger charge is 2.20. The van der Waals surface area contributed by atoms with Gasteiger partial charge < -0.3 is 10.6 Å². The van der Waals surface area contributed by atoms with Crippen molar-refractivity contribution in [2.45, 2.75) is 13.5 Å². The maximum Gasteiger partial charge on any atom is 0.227 e. The van der Waals surface area contributed by atoms with Crippen molar-refractivity contribution in [2.24, 2.45) is 0 Å². The predicted molar refractivity (Wildman–Crippen MR) is 105 cm³/mol.